The lowest BCUT2D eigenvalue weighted by Crippen LogP contribution is -2.24. The maximum atomic E-state index is 12.2. The van der Waals surface area contributed by atoms with Gasteiger partial charge in [0.2, 0.25) is 0 Å². The highest BCUT2D eigenvalue weighted by Gasteiger charge is 2.09. The molecule has 0 unspecified atom stereocenters. The highest BCUT2D eigenvalue weighted by molar-refractivity contribution is 9.10. The minimum absolute atomic E-state index is 0.182. The lowest BCUT2D eigenvalue weighted by molar-refractivity contribution is 0.595. The first-order valence-corrected chi connectivity index (χ1v) is 6.44. The molecule has 0 spiro atoms. The predicted molar refractivity (Wildman–Crippen MR) is 73.8 cm³/mol. The van der Waals surface area contributed by atoms with Crippen molar-refractivity contribution in [3.8, 4) is 0 Å². The minimum atomic E-state index is -0.182. The van der Waals surface area contributed by atoms with E-state index in [1.807, 2.05) is 24.3 Å². The number of fused-ring (bicyclic) bond motifs is 1. The molecule has 0 bridgehead atoms. The molecule has 0 atom stereocenters. The van der Waals surface area contributed by atoms with Crippen molar-refractivity contribution in [3.05, 3.63) is 50.9 Å². The Balaban J connectivity index is 2.06. The number of hydrogen-bond acceptors (Lipinski definition) is 4. The van der Waals surface area contributed by atoms with Crippen LogP contribution in [0, 0.1) is 0 Å². The second-order valence-corrected chi connectivity index (χ2v) is 5.10. The summed E-state index contributed by atoms with van der Waals surface area (Å²) in [6.45, 7) is 0.385. The van der Waals surface area contributed by atoms with Crippen molar-refractivity contribution in [3.63, 3.8) is 0 Å². The number of nitrogens with zero attached hydrogens (tertiary/aromatic N) is 5. The van der Waals surface area contributed by atoms with Crippen molar-refractivity contribution in [1.29, 1.82) is 0 Å². The second-order valence-electron chi connectivity index (χ2n) is 4.19. The van der Waals surface area contributed by atoms with Gasteiger partial charge in [-0.05, 0) is 17.7 Å². The van der Waals surface area contributed by atoms with Gasteiger partial charge in [0.1, 0.15) is 5.39 Å². The van der Waals surface area contributed by atoms with E-state index in [0.717, 1.165) is 10.0 Å². The normalized spacial score (nSPS) is 11.1. The predicted octanol–water partition coefficient (Wildman–Crippen LogP) is 1.34. The Morgan fingerprint density at radius 3 is 3.00 bits per heavy atom. The quantitative estimate of drug-likeness (QED) is 0.715. The number of benzene rings is 1. The number of rotatable bonds is 2. The average molecular weight is 320 g/mol. The standard InChI is InChI=1S/C12H10BrN5O/c1-17-11-10(6-14-17)12(19)18(16-15-11)7-8-3-2-4-9(13)5-8/h2-6H,7H2,1H3. The van der Waals surface area contributed by atoms with Crippen molar-refractivity contribution in [1.82, 2.24) is 24.8 Å². The van der Waals surface area contributed by atoms with Gasteiger partial charge >= 0.3 is 0 Å². The third-order valence-electron chi connectivity index (χ3n) is 2.84. The summed E-state index contributed by atoms with van der Waals surface area (Å²) in [5.74, 6) is 0. The Labute approximate surface area is 116 Å². The zero-order valence-electron chi connectivity index (χ0n) is 10.1. The molecule has 0 aliphatic rings. The summed E-state index contributed by atoms with van der Waals surface area (Å²) in [5, 5.41) is 12.5. The Morgan fingerprint density at radius 2 is 2.21 bits per heavy atom. The monoisotopic (exact) mass is 319 g/mol. The lowest BCUT2D eigenvalue weighted by atomic mass is 10.2. The average Bonchev–Trinajstić information content (AvgIpc) is 2.76. The van der Waals surface area contributed by atoms with Crippen LogP contribution in [-0.4, -0.2) is 24.8 Å². The molecular weight excluding hydrogens is 310 g/mol. The lowest BCUT2D eigenvalue weighted by Gasteiger charge is -2.04. The van der Waals surface area contributed by atoms with Gasteiger partial charge in [0.15, 0.2) is 5.65 Å². The Hall–Kier alpha value is -2.02. The van der Waals surface area contributed by atoms with Crippen LogP contribution in [0.25, 0.3) is 11.0 Å². The first kappa shape index (κ1) is 12.0. The third kappa shape index (κ3) is 2.17. The van der Waals surface area contributed by atoms with E-state index in [1.54, 1.807) is 7.05 Å². The molecule has 2 heterocycles. The summed E-state index contributed by atoms with van der Waals surface area (Å²) in [4.78, 5) is 12.2. The minimum Gasteiger partial charge on any atom is -0.267 e. The van der Waals surface area contributed by atoms with Gasteiger partial charge in [-0.25, -0.2) is 9.36 Å². The van der Waals surface area contributed by atoms with Gasteiger partial charge in [0, 0.05) is 11.5 Å². The maximum absolute atomic E-state index is 12.2. The molecule has 1 aromatic carbocycles. The molecule has 2 aromatic heterocycles. The molecular formula is C12H10BrN5O. The molecule has 3 rings (SSSR count). The molecule has 3 aromatic rings. The van der Waals surface area contributed by atoms with Gasteiger partial charge in [-0.15, -0.1) is 5.10 Å². The van der Waals surface area contributed by atoms with Crippen LogP contribution in [-0.2, 0) is 13.6 Å². The van der Waals surface area contributed by atoms with Gasteiger partial charge in [0.25, 0.3) is 5.56 Å². The van der Waals surface area contributed by atoms with Gasteiger partial charge in [-0.2, -0.15) is 5.10 Å². The number of halogens is 1. The number of aromatic nitrogens is 5. The SMILES string of the molecule is Cn1ncc2c(=O)n(Cc3cccc(Br)c3)nnc21. The first-order valence-electron chi connectivity index (χ1n) is 5.65. The Morgan fingerprint density at radius 1 is 1.37 bits per heavy atom. The topological polar surface area (TPSA) is 65.6 Å². The number of aryl methyl sites for hydroxylation is 1. The molecule has 0 aliphatic carbocycles. The van der Waals surface area contributed by atoms with E-state index in [9.17, 15) is 4.79 Å². The van der Waals surface area contributed by atoms with Crippen molar-refractivity contribution >= 4 is 27.0 Å². The highest BCUT2D eigenvalue weighted by atomic mass is 79.9. The summed E-state index contributed by atoms with van der Waals surface area (Å²) in [7, 11) is 1.73. The molecule has 19 heavy (non-hydrogen) atoms. The Bertz CT molecular complexity index is 807. The van der Waals surface area contributed by atoms with Crippen molar-refractivity contribution in [2.24, 2.45) is 7.05 Å². The van der Waals surface area contributed by atoms with Gasteiger partial charge in [-0.3, -0.25) is 4.79 Å². The zero-order valence-corrected chi connectivity index (χ0v) is 11.7. The summed E-state index contributed by atoms with van der Waals surface area (Å²) in [6.07, 6.45) is 1.52. The fraction of sp³-hybridized carbons (Fsp3) is 0.167. The fourth-order valence-corrected chi connectivity index (χ4v) is 2.33. The van der Waals surface area contributed by atoms with E-state index in [-0.39, 0.29) is 5.56 Å². The first-order chi connectivity index (χ1) is 9.15. The van der Waals surface area contributed by atoms with Crippen LogP contribution >= 0.6 is 15.9 Å². The Kier molecular flexibility index (Phi) is 2.90. The summed E-state index contributed by atoms with van der Waals surface area (Å²) in [5.41, 5.74) is 1.29. The fourth-order valence-electron chi connectivity index (χ4n) is 1.89. The summed E-state index contributed by atoms with van der Waals surface area (Å²) >= 11 is 3.40. The van der Waals surface area contributed by atoms with E-state index in [1.165, 1.54) is 15.6 Å². The third-order valence-corrected chi connectivity index (χ3v) is 3.33. The van der Waals surface area contributed by atoms with Gasteiger partial charge in [-0.1, -0.05) is 33.3 Å². The molecule has 0 fully saturated rings. The van der Waals surface area contributed by atoms with E-state index in [4.69, 9.17) is 0 Å². The van der Waals surface area contributed by atoms with Crippen molar-refractivity contribution in [2.75, 3.05) is 0 Å². The molecule has 0 N–H and O–H groups in total. The van der Waals surface area contributed by atoms with E-state index >= 15 is 0 Å². The molecule has 96 valence electrons. The van der Waals surface area contributed by atoms with E-state index in [0.29, 0.717) is 17.6 Å². The molecule has 0 amide bonds. The smallest absolute Gasteiger partial charge is 0.267 e. The van der Waals surface area contributed by atoms with Crippen LogP contribution in [0.2, 0.25) is 0 Å². The van der Waals surface area contributed by atoms with Crippen molar-refractivity contribution in [2.45, 2.75) is 6.54 Å². The molecule has 0 saturated carbocycles. The van der Waals surface area contributed by atoms with Crippen LogP contribution in [0.5, 0.6) is 0 Å². The van der Waals surface area contributed by atoms with Gasteiger partial charge in [0.05, 0.1) is 12.7 Å². The van der Waals surface area contributed by atoms with E-state index < -0.39 is 0 Å². The molecule has 0 aliphatic heterocycles. The second kappa shape index (κ2) is 4.58. The number of hydrogen-bond donors (Lipinski definition) is 0. The van der Waals surface area contributed by atoms with Crippen LogP contribution in [0.3, 0.4) is 0 Å². The van der Waals surface area contributed by atoms with Crippen LogP contribution in [0.4, 0.5) is 0 Å². The molecule has 6 nitrogen and oxygen atoms in total. The maximum Gasteiger partial charge on any atom is 0.281 e. The molecule has 7 heteroatoms. The summed E-state index contributed by atoms with van der Waals surface area (Å²) < 4.78 is 3.84. The zero-order chi connectivity index (χ0) is 13.4. The highest BCUT2D eigenvalue weighted by Crippen LogP contribution is 2.12. The van der Waals surface area contributed by atoms with Crippen LogP contribution in [0.1, 0.15) is 5.56 Å². The molecule has 0 radical (unpaired) electrons. The summed E-state index contributed by atoms with van der Waals surface area (Å²) in [6, 6.07) is 7.73. The largest absolute Gasteiger partial charge is 0.281 e. The molecule has 0 saturated heterocycles. The van der Waals surface area contributed by atoms with Gasteiger partial charge < -0.3 is 0 Å². The van der Waals surface area contributed by atoms with Crippen molar-refractivity contribution < 1.29 is 0 Å². The van der Waals surface area contributed by atoms with Crippen LogP contribution < -0.4 is 5.56 Å². The van der Waals surface area contributed by atoms with E-state index in [2.05, 4.69) is 31.3 Å². The van der Waals surface area contributed by atoms with Crippen LogP contribution in [0.15, 0.2) is 39.7 Å².